The second-order valence-electron chi connectivity index (χ2n) is 2.04. The largest absolute Gasteiger partial charge is 0.313 e. The van der Waals surface area contributed by atoms with Crippen LogP contribution in [0.1, 0.15) is 5.56 Å². The lowest BCUT2D eigenvalue weighted by Crippen LogP contribution is -1.94. The lowest BCUT2D eigenvalue weighted by Gasteiger charge is -1.92. The number of hydrogen-bond donors (Lipinski definition) is 1. The highest BCUT2D eigenvalue weighted by Gasteiger charge is 1.87. The molecule has 0 heterocycles. The van der Waals surface area contributed by atoms with Gasteiger partial charge in [-0.1, -0.05) is 23.7 Å². The van der Waals surface area contributed by atoms with Crippen LogP contribution >= 0.6 is 11.6 Å². The molecule has 0 amide bonds. The number of nitrogens with one attached hydrogen (secondary N) is 1. The number of rotatable bonds is 2. The van der Waals surface area contributed by atoms with E-state index >= 15 is 0 Å². The average Bonchev–Trinajstić information content (AvgIpc) is 2.01. The van der Waals surface area contributed by atoms with Crippen molar-refractivity contribution >= 4 is 17.8 Å². The van der Waals surface area contributed by atoms with Crippen LogP contribution in [0.3, 0.4) is 0 Å². The molecule has 0 unspecified atom stereocenters. The van der Waals surface area contributed by atoms with Gasteiger partial charge in [0, 0.05) is 12.1 Å². The number of halogens is 1. The van der Waals surface area contributed by atoms with Crippen LogP contribution in [0, 0.1) is 0 Å². The number of hydrazone groups is 1. The Morgan fingerprint density at radius 2 is 2.36 bits per heavy atom. The molecule has 1 N–H and O–H groups in total. The molecule has 0 spiro atoms. The van der Waals surface area contributed by atoms with Gasteiger partial charge >= 0.3 is 0 Å². The highest BCUT2D eigenvalue weighted by atomic mass is 35.5. The third-order valence-corrected chi connectivity index (χ3v) is 1.43. The van der Waals surface area contributed by atoms with Gasteiger partial charge < -0.3 is 5.43 Å². The second-order valence-corrected chi connectivity index (χ2v) is 2.47. The van der Waals surface area contributed by atoms with Gasteiger partial charge in [-0.25, -0.2) is 0 Å². The fourth-order valence-electron chi connectivity index (χ4n) is 0.726. The SMILES string of the molecule is CN/N=C/c1cccc(Cl)c1. The van der Waals surface area contributed by atoms with Crippen molar-refractivity contribution in [2.24, 2.45) is 5.10 Å². The van der Waals surface area contributed by atoms with Crippen molar-refractivity contribution in [1.29, 1.82) is 0 Å². The van der Waals surface area contributed by atoms with Gasteiger partial charge in [-0.3, -0.25) is 0 Å². The summed E-state index contributed by atoms with van der Waals surface area (Å²) >= 11 is 5.74. The topological polar surface area (TPSA) is 24.4 Å². The molecule has 0 saturated carbocycles. The maximum atomic E-state index is 5.74. The van der Waals surface area contributed by atoms with Crippen molar-refractivity contribution in [2.45, 2.75) is 0 Å². The van der Waals surface area contributed by atoms with Gasteiger partial charge in [0.25, 0.3) is 0 Å². The number of hydrogen-bond acceptors (Lipinski definition) is 2. The lowest BCUT2D eigenvalue weighted by molar-refractivity contribution is 0.908. The second kappa shape index (κ2) is 3.98. The molecule has 0 fully saturated rings. The predicted octanol–water partition coefficient (Wildman–Crippen LogP) is 1.89. The summed E-state index contributed by atoms with van der Waals surface area (Å²) in [5.41, 5.74) is 3.65. The zero-order chi connectivity index (χ0) is 8.10. The molecule has 0 bridgehead atoms. The Balaban J connectivity index is 2.79. The fourth-order valence-corrected chi connectivity index (χ4v) is 0.925. The van der Waals surface area contributed by atoms with Gasteiger partial charge in [0.15, 0.2) is 0 Å². The summed E-state index contributed by atoms with van der Waals surface area (Å²) in [6, 6.07) is 7.51. The average molecular weight is 169 g/mol. The first-order valence-electron chi connectivity index (χ1n) is 3.28. The molecule has 2 nitrogen and oxygen atoms in total. The summed E-state index contributed by atoms with van der Waals surface area (Å²) in [5, 5.41) is 4.58. The first-order valence-corrected chi connectivity index (χ1v) is 3.66. The minimum absolute atomic E-state index is 0.727. The van der Waals surface area contributed by atoms with Crippen LogP contribution in [0.15, 0.2) is 29.4 Å². The van der Waals surface area contributed by atoms with Gasteiger partial charge in [-0.2, -0.15) is 5.10 Å². The molecule has 0 radical (unpaired) electrons. The number of nitrogens with zero attached hydrogens (tertiary/aromatic N) is 1. The maximum Gasteiger partial charge on any atom is 0.0540 e. The Labute approximate surface area is 70.9 Å². The lowest BCUT2D eigenvalue weighted by atomic mass is 10.2. The van der Waals surface area contributed by atoms with E-state index in [0.717, 1.165) is 10.6 Å². The normalized spacial score (nSPS) is 10.4. The molecule has 0 atom stereocenters. The van der Waals surface area contributed by atoms with E-state index < -0.39 is 0 Å². The quantitative estimate of drug-likeness (QED) is 0.530. The Hall–Kier alpha value is -1.02. The summed E-state index contributed by atoms with van der Waals surface area (Å²) < 4.78 is 0. The van der Waals surface area contributed by atoms with Crippen molar-refractivity contribution in [2.75, 3.05) is 7.05 Å². The molecule has 1 aromatic rings. The van der Waals surface area contributed by atoms with Gasteiger partial charge in [-0.15, -0.1) is 0 Å². The summed E-state index contributed by atoms with van der Waals surface area (Å²) in [6.45, 7) is 0. The fraction of sp³-hybridized carbons (Fsp3) is 0.125. The van der Waals surface area contributed by atoms with Crippen LogP contribution in [0.4, 0.5) is 0 Å². The van der Waals surface area contributed by atoms with Crippen LogP contribution in [0.25, 0.3) is 0 Å². The van der Waals surface area contributed by atoms with Crippen molar-refractivity contribution in [3.63, 3.8) is 0 Å². The molecule has 58 valence electrons. The van der Waals surface area contributed by atoms with Gasteiger partial charge in [0.1, 0.15) is 0 Å². The highest BCUT2D eigenvalue weighted by Crippen LogP contribution is 2.08. The Kier molecular flexibility index (Phi) is 2.93. The van der Waals surface area contributed by atoms with E-state index in [2.05, 4.69) is 10.5 Å². The Morgan fingerprint density at radius 3 is 3.00 bits per heavy atom. The van der Waals surface area contributed by atoms with Crippen LogP contribution < -0.4 is 5.43 Å². The van der Waals surface area contributed by atoms with E-state index in [1.54, 1.807) is 13.3 Å². The Bertz CT molecular complexity index is 258. The van der Waals surface area contributed by atoms with Crippen LogP contribution in [0.2, 0.25) is 5.02 Å². The minimum Gasteiger partial charge on any atom is -0.313 e. The molecule has 0 aliphatic rings. The first-order chi connectivity index (χ1) is 5.33. The van der Waals surface area contributed by atoms with Gasteiger partial charge in [0.2, 0.25) is 0 Å². The van der Waals surface area contributed by atoms with Gasteiger partial charge in [0.05, 0.1) is 6.21 Å². The van der Waals surface area contributed by atoms with E-state index in [-0.39, 0.29) is 0 Å². The van der Waals surface area contributed by atoms with Crippen molar-refractivity contribution in [3.05, 3.63) is 34.9 Å². The smallest absolute Gasteiger partial charge is 0.0540 e. The Morgan fingerprint density at radius 1 is 1.55 bits per heavy atom. The standard InChI is InChI=1S/C8H9ClN2/c1-10-11-6-7-3-2-4-8(9)5-7/h2-6,10H,1H3/b11-6+. The van der Waals surface area contributed by atoms with Crippen molar-refractivity contribution in [3.8, 4) is 0 Å². The first kappa shape index (κ1) is 8.08. The van der Waals surface area contributed by atoms with E-state index in [1.165, 1.54) is 0 Å². The zero-order valence-electron chi connectivity index (χ0n) is 6.21. The summed E-state index contributed by atoms with van der Waals surface area (Å²) in [7, 11) is 1.75. The zero-order valence-corrected chi connectivity index (χ0v) is 6.97. The minimum atomic E-state index is 0.727. The molecule has 0 aliphatic heterocycles. The van der Waals surface area contributed by atoms with Crippen LogP contribution in [-0.4, -0.2) is 13.3 Å². The molecular formula is C8H9ClN2. The van der Waals surface area contributed by atoms with E-state index in [9.17, 15) is 0 Å². The number of benzene rings is 1. The van der Waals surface area contributed by atoms with Crippen LogP contribution in [-0.2, 0) is 0 Å². The van der Waals surface area contributed by atoms with E-state index in [0.29, 0.717) is 0 Å². The molecular weight excluding hydrogens is 160 g/mol. The molecule has 0 saturated heterocycles. The molecule has 1 rings (SSSR count). The molecule has 3 heteroatoms. The van der Waals surface area contributed by atoms with E-state index in [1.807, 2.05) is 24.3 Å². The predicted molar refractivity (Wildman–Crippen MR) is 48.1 cm³/mol. The third kappa shape index (κ3) is 2.60. The monoisotopic (exact) mass is 168 g/mol. The summed E-state index contributed by atoms with van der Waals surface area (Å²) in [4.78, 5) is 0. The van der Waals surface area contributed by atoms with Gasteiger partial charge in [-0.05, 0) is 17.7 Å². The summed E-state index contributed by atoms with van der Waals surface area (Å²) in [6.07, 6.45) is 1.71. The summed E-state index contributed by atoms with van der Waals surface area (Å²) in [5.74, 6) is 0. The molecule has 0 aliphatic carbocycles. The van der Waals surface area contributed by atoms with E-state index in [4.69, 9.17) is 11.6 Å². The van der Waals surface area contributed by atoms with Crippen LogP contribution in [0.5, 0.6) is 0 Å². The third-order valence-electron chi connectivity index (χ3n) is 1.19. The van der Waals surface area contributed by atoms with Crippen molar-refractivity contribution in [1.82, 2.24) is 5.43 Å². The molecule has 0 aromatic heterocycles. The highest BCUT2D eigenvalue weighted by molar-refractivity contribution is 6.30. The maximum absolute atomic E-state index is 5.74. The van der Waals surface area contributed by atoms with Crippen molar-refractivity contribution < 1.29 is 0 Å². The molecule has 11 heavy (non-hydrogen) atoms. The molecule has 1 aromatic carbocycles.